The van der Waals surface area contributed by atoms with Gasteiger partial charge in [-0.2, -0.15) is 0 Å². The van der Waals surface area contributed by atoms with Gasteiger partial charge in [-0.05, 0) is 32.9 Å². The van der Waals surface area contributed by atoms with E-state index >= 15 is 0 Å². The number of unbranched alkanes of at least 4 members (excludes halogenated alkanes) is 1. The maximum absolute atomic E-state index is 4.46. The molecule has 0 saturated carbocycles. The van der Waals surface area contributed by atoms with Gasteiger partial charge in [0.05, 0.1) is 0 Å². The molecule has 19 heavy (non-hydrogen) atoms. The Kier molecular flexibility index (Phi) is 6.92. The van der Waals surface area contributed by atoms with Crippen LogP contribution in [0.5, 0.6) is 0 Å². The predicted octanol–water partition coefficient (Wildman–Crippen LogP) is 3.07. The number of aryl methyl sites for hydroxylation is 1. The first-order valence-corrected chi connectivity index (χ1v) is 7.45. The third kappa shape index (κ3) is 6.10. The minimum atomic E-state index is 0.456. The van der Waals surface area contributed by atoms with E-state index in [4.69, 9.17) is 0 Å². The highest BCUT2D eigenvalue weighted by Gasteiger charge is 2.14. The van der Waals surface area contributed by atoms with Crippen molar-refractivity contribution in [3.8, 4) is 0 Å². The van der Waals surface area contributed by atoms with Crippen LogP contribution in [0.2, 0.25) is 0 Å². The topological polar surface area (TPSA) is 33.1 Å². The van der Waals surface area contributed by atoms with E-state index in [1.807, 2.05) is 6.20 Å². The maximum Gasteiger partial charge on any atom is 0.203 e. The van der Waals surface area contributed by atoms with Crippen LogP contribution in [-0.4, -0.2) is 41.1 Å². The van der Waals surface area contributed by atoms with E-state index in [1.54, 1.807) is 0 Å². The monoisotopic (exact) mass is 266 g/mol. The molecule has 1 heterocycles. The lowest BCUT2D eigenvalue weighted by atomic mass is 10.0. The Balaban J connectivity index is 2.64. The van der Waals surface area contributed by atoms with Crippen LogP contribution in [0.3, 0.4) is 0 Å². The third-order valence-electron chi connectivity index (χ3n) is 3.14. The van der Waals surface area contributed by atoms with Crippen LogP contribution < -0.4 is 5.32 Å². The van der Waals surface area contributed by atoms with Crippen molar-refractivity contribution in [1.82, 2.24) is 14.5 Å². The lowest BCUT2D eigenvalue weighted by Gasteiger charge is -2.24. The van der Waals surface area contributed by atoms with Gasteiger partial charge in [0, 0.05) is 31.5 Å². The van der Waals surface area contributed by atoms with Crippen LogP contribution in [0.1, 0.15) is 40.0 Å². The summed E-state index contributed by atoms with van der Waals surface area (Å²) in [5, 5.41) is 3.61. The summed E-state index contributed by atoms with van der Waals surface area (Å²) in [7, 11) is 4.25. The third-order valence-corrected chi connectivity index (χ3v) is 3.14. The molecule has 0 aliphatic heterocycles. The van der Waals surface area contributed by atoms with Gasteiger partial charge in [-0.1, -0.05) is 27.2 Å². The Hall–Kier alpha value is -1.03. The number of aromatic nitrogens is 2. The molecule has 0 spiro atoms. The number of nitrogens with zero attached hydrogens (tertiary/aromatic N) is 3. The van der Waals surface area contributed by atoms with E-state index in [0.29, 0.717) is 12.0 Å². The molecule has 1 rings (SSSR count). The zero-order chi connectivity index (χ0) is 14.3. The molecular weight excluding hydrogens is 236 g/mol. The van der Waals surface area contributed by atoms with Crippen LogP contribution in [0.4, 0.5) is 5.95 Å². The summed E-state index contributed by atoms with van der Waals surface area (Å²) in [5.74, 6) is 1.71. The first kappa shape index (κ1) is 16.0. The first-order valence-electron chi connectivity index (χ1n) is 7.45. The Morgan fingerprint density at radius 2 is 2.11 bits per heavy atom. The summed E-state index contributed by atoms with van der Waals surface area (Å²) in [6.07, 6.45) is 7.54. The summed E-state index contributed by atoms with van der Waals surface area (Å²) < 4.78 is 2.23. The molecule has 0 aliphatic carbocycles. The summed E-state index contributed by atoms with van der Waals surface area (Å²) in [6.45, 7) is 8.85. The van der Waals surface area contributed by atoms with Crippen LogP contribution >= 0.6 is 0 Å². The molecule has 0 fully saturated rings. The fourth-order valence-corrected chi connectivity index (χ4v) is 2.33. The zero-order valence-corrected chi connectivity index (χ0v) is 13.2. The van der Waals surface area contributed by atoms with Gasteiger partial charge in [0.2, 0.25) is 5.95 Å². The van der Waals surface area contributed by atoms with Crippen molar-refractivity contribution in [2.75, 3.05) is 26.0 Å². The number of anilines is 1. The van der Waals surface area contributed by atoms with E-state index in [2.05, 4.69) is 60.8 Å². The highest BCUT2D eigenvalue weighted by atomic mass is 15.2. The van der Waals surface area contributed by atoms with E-state index in [0.717, 1.165) is 19.0 Å². The molecule has 1 N–H and O–H groups in total. The van der Waals surface area contributed by atoms with Crippen LogP contribution in [0, 0.1) is 5.92 Å². The molecule has 1 aromatic rings. The van der Waals surface area contributed by atoms with Crippen molar-refractivity contribution in [2.45, 2.75) is 52.6 Å². The van der Waals surface area contributed by atoms with Gasteiger partial charge in [-0.3, -0.25) is 0 Å². The fourth-order valence-electron chi connectivity index (χ4n) is 2.33. The van der Waals surface area contributed by atoms with E-state index < -0.39 is 0 Å². The minimum absolute atomic E-state index is 0.456. The molecule has 1 atom stereocenters. The van der Waals surface area contributed by atoms with Crippen molar-refractivity contribution in [3.63, 3.8) is 0 Å². The molecule has 0 aromatic carbocycles. The van der Waals surface area contributed by atoms with E-state index in [9.17, 15) is 0 Å². The molecule has 110 valence electrons. The van der Waals surface area contributed by atoms with Gasteiger partial charge < -0.3 is 14.8 Å². The van der Waals surface area contributed by atoms with Crippen molar-refractivity contribution in [3.05, 3.63) is 12.4 Å². The first-order chi connectivity index (χ1) is 9.02. The van der Waals surface area contributed by atoms with Crippen molar-refractivity contribution < 1.29 is 0 Å². The molecule has 0 amide bonds. The molecule has 1 unspecified atom stereocenters. The highest BCUT2D eigenvalue weighted by molar-refractivity contribution is 5.27. The summed E-state index contributed by atoms with van der Waals surface area (Å²) in [6, 6.07) is 0.456. The predicted molar refractivity (Wildman–Crippen MR) is 82.6 cm³/mol. The number of nitrogens with one attached hydrogen (secondary N) is 1. The van der Waals surface area contributed by atoms with Gasteiger partial charge in [0.1, 0.15) is 0 Å². The molecule has 4 nitrogen and oxygen atoms in total. The lowest BCUT2D eigenvalue weighted by Crippen LogP contribution is -2.34. The number of imidazole rings is 1. The standard InChI is InChI=1S/C15H30N4/c1-6-7-9-19-10-8-16-15(19)17-14(11-13(2)3)12-18(4)5/h8,10,13-14H,6-7,9,11-12H2,1-5H3,(H,16,17). The smallest absolute Gasteiger partial charge is 0.203 e. The number of rotatable bonds is 9. The lowest BCUT2D eigenvalue weighted by molar-refractivity contribution is 0.355. The van der Waals surface area contributed by atoms with Crippen LogP contribution in [0.15, 0.2) is 12.4 Å². The van der Waals surface area contributed by atoms with E-state index in [-0.39, 0.29) is 0 Å². The number of hydrogen-bond donors (Lipinski definition) is 1. The second kappa shape index (κ2) is 8.20. The van der Waals surface area contributed by atoms with Crippen LogP contribution in [-0.2, 0) is 6.54 Å². The van der Waals surface area contributed by atoms with Crippen LogP contribution in [0.25, 0.3) is 0 Å². The van der Waals surface area contributed by atoms with Gasteiger partial charge >= 0.3 is 0 Å². The minimum Gasteiger partial charge on any atom is -0.352 e. The molecule has 0 bridgehead atoms. The summed E-state index contributed by atoms with van der Waals surface area (Å²) in [4.78, 5) is 6.69. The van der Waals surface area contributed by atoms with Crippen molar-refractivity contribution >= 4 is 5.95 Å². The van der Waals surface area contributed by atoms with Gasteiger partial charge in [-0.15, -0.1) is 0 Å². The second-order valence-electron chi connectivity index (χ2n) is 6.03. The molecule has 0 aliphatic rings. The van der Waals surface area contributed by atoms with Gasteiger partial charge in [0.15, 0.2) is 0 Å². The van der Waals surface area contributed by atoms with Crippen molar-refractivity contribution in [2.24, 2.45) is 5.92 Å². The summed E-state index contributed by atoms with van der Waals surface area (Å²) in [5.41, 5.74) is 0. The molecule has 0 saturated heterocycles. The number of hydrogen-bond acceptors (Lipinski definition) is 3. The SMILES string of the molecule is CCCCn1ccnc1NC(CC(C)C)CN(C)C. The summed E-state index contributed by atoms with van der Waals surface area (Å²) >= 11 is 0. The molecule has 0 radical (unpaired) electrons. The maximum atomic E-state index is 4.46. The average molecular weight is 266 g/mol. The fraction of sp³-hybridized carbons (Fsp3) is 0.800. The molecule has 1 aromatic heterocycles. The normalized spacial score (nSPS) is 13.2. The Labute approximate surface area is 118 Å². The molecule has 4 heteroatoms. The van der Waals surface area contributed by atoms with Gasteiger partial charge in [-0.25, -0.2) is 4.98 Å². The quantitative estimate of drug-likeness (QED) is 0.745. The Morgan fingerprint density at radius 3 is 2.68 bits per heavy atom. The zero-order valence-electron chi connectivity index (χ0n) is 13.2. The van der Waals surface area contributed by atoms with Gasteiger partial charge in [0.25, 0.3) is 0 Å². The van der Waals surface area contributed by atoms with E-state index in [1.165, 1.54) is 19.3 Å². The Bertz CT molecular complexity index is 334. The highest BCUT2D eigenvalue weighted by Crippen LogP contribution is 2.13. The average Bonchev–Trinajstić information content (AvgIpc) is 2.72. The van der Waals surface area contributed by atoms with Crippen molar-refractivity contribution in [1.29, 1.82) is 0 Å². The largest absolute Gasteiger partial charge is 0.352 e. The Morgan fingerprint density at radius 1 is 1.37 bits per heavy atom. The molecular formula is C15H30N4. The second-order valence-corrected chi connectivity index (χ2v) is 6.03. The number of likely N-dealkylation sites (N-methyl/N-ethyl adjacent to an activating group) is 1.